The van der Waals surface area contributed by atoms with Crippen molar-refractivity contribution in [2.45, 2.75) is 19.5 Å². The fraction of sp³-hybridized carbons (Fsp3) is 0.333. The molecule has 0 spiro atoms. The zero-order valence-electron chi connectivity index (χ0n) is 15.9. The quantitative estimate of drug-likeness (QED) is 0.633. The molecule has 1 unspecified atom stereocenters. The van der Waals surface area contributed by atoms with E-state index in [4.69, 9.17) is 0 Å². The number of anilines is 1. The standard InChI is InChI=1S/C21H25N5O2/c1-15(20(27)22-17-7-8-18-19(13-17)24-21(28)23-18)26-11-9-25(10-12-26)14-16-5-3-2-4-6-16/h2-8,13,15H,9-12,14H2,1H3,(H,22,27)(H2,23,24,28). The first-order valence-electron chi connectivity index (χ1n) is 9.62. The fourth-order valence-electron chi connectivity index (χ4n) is 3.67. The van der Waals surface area contributed by atoms with E-state index in [0.29, 0.717) is 11.2 Å². The zero-order chi connectivity index (χ0) is 19.5. The number of nitrogens with zero attached hydrogens (tertiary/aromatic N) is 2. The SMILES string of the molecule is CC(C(=O)Nc1ccc2[nH]c(=O)[nH]c2c1)N1CCN(Cc2ccccc2)CC1. The van der Waals surface area contributed by atoms with E-state index in [9.17, 15) is 9.59 Å². The Morgan fingerprint density at radius 2 is 1.75 bits per heavy atom. The number of imidazole rings is 1. The number of amides is 1. The molecule has 0 radical (unpaired) electrons. The van der Waals surface area contributed by atoms with E-state index in [-0.39, 0.29) is 17.6 Å². The van der Waals surface area contributed by atoms with E-state index < -0.39 is 0 Å². The third-order valence-corrected chi connectivity index (χ3v) is 5.37. The van der Waals surface area contributed by atoms with Gasteiger partial charge in [-0.25, -0.2) is 4.79 Å². The number of benzene rings is 2. The minimum absolute atomic E-state index is 0.0336. The van der Waals surface area contributed by atoms with Crippen LogP contribution >= 0.6 is 0 Å². The number of aromatic nitrogens is 2. The number of hydrogen-bond acceptors (Lipinski definition) is 4. The van der Waals surface area contributed by atoms with Gasteiger partial charge < -0.3 is 15.3 Å². The molecule has 7 heteroatoms. The summed E-state index contributed by atoms with van der Waals surface area (Å²) < 4.78 is 0. The fourth-order valence-corrected chi connectivity index (χ4v) is 3.67. The lowest BCUT2D eigenvalue weighted by molar-refractivity contribution is -0.121. The van der Waals surface area contributed by atoms with Crippen LogP contribution in [0.4, 0.5) is 5.69 Å². The summed E-state index contributed by atoms with van der Waals surface area (Å²) in [6.07, 6.45) is 0. The maximum atomic E-state index is 12.7. The van der Waals surface area contributed by atoms with Gasteiger partial charge >= 0.3 is 5.69 Å². The van der Waals surface area contributed by atoms with Crippen molar-refractivity contribution in [2.24, 2.45) is 0 Å². The first-order chi connectivity index (χ1) is 13.6. The van der Waals surface area contributed by atoms with Crippen molar-refractivity contribution < 1.29 is 4.79 Å². The number of aromatic amines is 2. The van der Waals surface area contributed by atoms with Gasteiger partial charge in [-0.2, -0.15) is 0 Å². The molecule has 0 saturated carbocycles. The van der Waals surface area contributed by atoms with Crippen molar-refractivity contribution in [3.63, 3.8) is 0 Å². The summed E-state index contributed by atoms with van der Waals surface area (Å²) in [7, 11) is 0. The first kappa shape index (κ1) is 18.5. The molecule has 146 valence electrons. The predicted molar refractivity (Wildman–Crippen MR) is 110 cm³/mol. The minimum atomic E-state index is -0.250. The molecule has 1 fully saturated rings. The van der Waals surface area contributed by atoms with E-state index in [0.717, 1.165) is 38.2 Å². The van der Waals surface area contributed by atoms with Crippen LogP contribution in [0.25, 0.3) is 11.0 Å². The van der Waals surface area contributed by atoms with Gasteiger partial charge in [-0.05, 0) is 30.7 Å². The molecule has 7 nitrogen and oxygen atoms in total. The second-order valence-electron chi connectivity index (χ2n) is 7.30. The van der Waals surface area contributed by atoms with Crippen LogP contribution in [0.5, 0.6) is 0 Å². The van der Waals surface area contributed by atoms with Gasteiger partial charge in [0.1, 0.15) is 0 Å². The lowest BCUT2D eigenvalue weighted by atomic mass is 10.1. The maximum Gasteiger partial charge on any atom is 0.323 e. The average Bonchev–Trinajstić information content (AvgIpc) is 3.08. The molecular weight excluding hydrogens is 354 g/mol. The van der Waals surface area contributed by atoms with Gasteiger partial charge in [-0.3, -0.25) is 14.6 Å². The van der Waals surface area contributed by atoms with Crippen LogP contribution in [-0.4, -0.2) is 57.9 Å². The smallest absolute Gasteiger partial charge is 0.323 e. The number of fused-ring (bicyclic) bond motifs is 1. The highest BCUT2D eigenvalue weighted by molar-refractivity contribution is 5.96. The van der Waals surface area contributed by atoms with E-state index in [1.165, 1.54) is 5.56 Å². The van der Waals surface area contributed by atoms with Gasteiger partial charge in [-0.1, -0.05) is 30.3 Å². The molecule has 2 heterocycles. The summed E-state index contributed by atoms with van der Waals surface area (Å²) in [5.41, 5.74) is 3.16. The van der Waals surface area contributed by atoms with Gasteiger partial charge in [0.05, 0.1) is 17.1 Å². The monoisotopic (exact) mass is 379 g/mol. The molecule has 4 rings (SSSR count). The number of rotatable bonds is 5. The molecule has 28 heavy (non-hydrogen) atoms. The van der Waals surface area contributed by atoms with E-state index in [1.807, 2.05) is 13.0 Å². The number of hydrogen-bond donors (Lipinski definition) is 3. The second-order valence-corrected chi connectivity index (χ2v) is 7.30. The molecule has 3 aromatic rings. The molecule has 1 aliphatic rings. The lowest BCUT2D eigenvalue weighted by Gasteiger charge is -2.37. The van der Waals surface area contributed by atoms with Crippen molar-refractivity contribution >= 4 is 22.6 Å². The molecule has 1 aliphatic heterocycles. The number of nitrogens with one attached hydrogen (secondary N) is 3. The molecule has 1 atom stereocenters. The Kier molecular flexibility index (Phi) is 5.27. The summed E-state index contributed by atoms with van der Waals surface area (Å²) in [6.45, 7) is 6.52. The highest BCUT2D eigenvalue weighted by Crippen LogP contribution is 2.16. The minimum Gasteiger partial charge on any atom is -0.325 e. The van der Waals surface area contributed by atoms with Crippen molar-refractivity contribution in [3.8, 4) is 0 Å². The van der Waals surface area contributed by atoms with Gasteiger partial charge in [-0.15, -0.1) is 0 Å². The Balaban J connectivity index is 1.32. The van der Waals surface area contributed by atoms with Gasteiger partial charge in [0.2, 0.25) is 5.91 Å². The van der Waals surface area contributed by atoms with Crippen molar-refractivity contribution in [3.05, 3.63) is 64.6 Å². The van der Waals surface area contributed by atoms with Crippen LogP contribution in [0, 0.1) is 0 Å². The van der Waals surface area contributed by atoms with Crippen molar-refractivity contribution in [1.29, 1.82) is 0 Å². The molecule has 2 aromatic carbocycles. The summed E-state index contributed by atoms with van der Waals surface area (Å²) in [6, 6.07) is 15.6. The lowest BCUT2D eigenvalue weighted by Crippen LogP contribution is -2.52. The normalized spacial score (nSPS) is 16.9. The third-order valence-electron chi connectivity index (χ3n) is 5.37. The summed E-state index contributed by atoms with van der Waals surface area (Å²) >= 11 is 0. The largest absolute Gasteiger partial charge is 0.325 e. The summed E-state index contributed by atoms with van der Waals surface area (Å²) in [4.78, 5) is 34.1. The molecular formula is C21H25N5O2. The van der Waals surface area contributed by atoms with Crippen LogP contribution in [0.15, 0.2) is 53.3 Å². The molecule has 1 amide bonds. The predicted octanol–water partition coefficient (Wildman–Crippen LogP) is 2.00. The number of carbonyl (C=O) groups excluding carboxylic acids is 1. The van der Waals surface area contributed by atoms with E-state index in [1.54, 1.807) is 18.2 Å². The Hall–Kier alpha value is -2.90. The maximum absolute atomic E-state index is 12.7. The van der Waals surface area contributed by atoms with Crippen molar-refractivity contribution in [1.82, 2.24) is 19.8 Å². The van der Waals surface area contributed by atoms with Crippen LogP contribution < -0.4 is 11.0 Å². The first-order valence-corrected chi connectivity index (χ1v) is 9.62. The van der Waals surface area contributed by atoms with Gasteiger partial charge in [0.25, 0.3) is 0 Å². The third kappa shape index (κ3) is 4.16. The Labute approximate surface area is 163 Å². The topological polar surface area (TPSA) is 84.2 Å². The Bertz CT molecular complexity index is 1000. The Morgan fingerprint density at radius 3 is 2.50 bits per heavy atom. The molecule has 0 aliphatic carbocycles. The number of piperazine rings is 1. The van der Waals surface area contributed by atoms with Crippen LogP contribution in [-0.2, 0) is 11.3 Å². The highest BCUT2D eigenvalue weighted by atomic mass is 16.2. The van der Waals surface area contributed by atoms with E-state index >= 15 is 0 Å². The van der Waals surface area contributed by atoms with Crippen LogP contribution in [0.1, 0.15) is 12.5 Å². The number of carbonyl (C=O) groups is 1. The van der Waals surface area contributed by atoms with Crippen LogP contribution in [0.3, 0.4) is 0 Å². The van der Waals surface area contributed by atoms with E-state index in [2.05, 4.69) is 49.4 Å². The average molecular weight is 379 g/mol. The second kappa shape index (κ2) is 8.00. The zero-order valence-corrected chi connectivity index (χ0v) is 15.9. The molecule has 0 bridgehead atoms. The summed E-state index contributed by atoms with van der Waals surface area (Å²) in [5, 5.41) is 2.96. The van der Waals surface area contributed by atoms with Crippen molar-refractivity contribution in [2.75, 3.05) is 31.5 Å². The van der Waals surface area contributed by atoms with Crippen LogP contribution in [0.2, 0.25) is 0 Å². The van der Waals surface area contributed by atoms with Gasteiger partial charge in [0.15, 0.2) is 0 Å². The number of H-pyrrole nitrogens is 2. The molecule has 1 aromatic heterocycles. The molecule has 1 saturated heterocycles. The Morgan fingerprint density at radius 1 is 1.04 bits per heavy atom. The summed E-state index contributed by atoms with van der Waals surface area (Å²) in [5.74, 6) is -0.0336. The molecule has 3 N–H and O–H groups in total. The van der Waals surface area contributed by atoms with Gasteiger partial charge in [0, 0.05) is 38.4 Å². The highest BCUT2D eigenvalue weighted by Gasteiger charge is 2.25.